The van der Waals surface area contributed by atoms with E-state index >= 15 is 0 Å². The maximum absolute atomic E-state index is 14.7. The molecule has 2 aromatic carbocycles. The molecule has 0 bridgehead atoms. The molecule has 0 saturated heterocycles. The number of fused-ring (bicyclic) bond motifs is 1. The van der Waals surface area contributed by atoms with Gasteiger partial charge in [-0.3, -0.25) is 0 Å². The molecule has 0 aromatic heterocycles. The lowest BCUT2D eigenvalue weighted by molar-refractivity contribution is 0.504. The zero-order valence-electron chi connectivity index (χ0n) is 13.7. The van der Waals surface area contributed by atoms with Crippen LogP contribution in [0.4, 0.5) is 17.6 Å². The van der Waals surface area contributed by atoms with E-state index in [1.165, 1.54) is 12.1 Å². The van der Waals surface area contributed by atoms with Crippen LogP contribution in [0.25, 0.3) is 0 Å². The molecular weight excluding hydrogens is 328 g/mol. The third-order valence-corrected chi connectivity index (χ3v) is 4.38. The molecule has 0 N–H and O–H groups in total. The highest BCUT2D eigenvalue weighted by Crippen LogP contribution is 2.31. The van der Waals surface area contributed by atoms with E-state index in [0.29, 0.717) is 24.0 Å². The smallest absolute Gasteiger partial charge is 0.160 e. The minimum atomic E-state index is -1.05. The molecule has 128 valence electrons. The van der Waals surface area contributed by atoms with Crippen LogP contribution in [-0.4, -0.2) is 0 Å². The first kappa shape index (κ1) is 17.3. The largest absolute Gasteiger partial charge is 0.206 e. The van der Waals surface area contributed by atoms with Gasteiger partial charge in [-0.15, -0.1) is 0 Å². The Hall–Kier alpha value is -2.54. The summed E-state index contributed by atoms with van der Waals surface area (Å²) in [5.74, 6) is 1.79. The third-order valence-electron chi connectivity index (χ3n) is 4.38. The van der Waals surface area contributed by atoms with E-state index in [0.717, 1.165) is 18.6 Å². The van der Waals surface area contributed by atoms with Gasteiger partial charge in [0, 0.05) is 5.56 Å². The van der Waals surface area contributed by atoms with Crippen LogP contribution >= 0.6 is 0 Å². The molecule has 0 amide bonds. The number of allylic oxidation sites excluding steroid dienone is 2. The molecule has 3 rings (SSSR count). The monoisotopic (exact) mass is 344 g/mol. The molecule has 0 fully saturated rings. The Morgan fingerprint density at radius 3 is 2.52 bits per heavy atom. The SMILES string of the molecule is CC=CC1CCc2c(cc(F)c(C#Cc3ccc(F)c(F)c3)c2F)C1. The van der Waals surface area contributed by atoms with Crippen molar-refractivity contribution in [1.82, 2.24) is 0 Å². The second-order valence-corrected chi connectivity index (χ2v) is 6.09. The van der Waals surface area contributed by atoms with E-state index in [-0.39, 0.29) is 17.0 Å². The minimum Gasteiger partial charge on any atom is -0.206 e. The van der Waals surface area contributed by atoms with Crippen molar-refractivity contribution in [2.75, 3.05) is 0 Å². The van der Waals surface area contributed by atoms with E-state index < -0.39 is 23.3 Å². The quantitative estimate of drug-likeness (QED) is 0.373. The average Bonchev–Trinajstić information content (AvgIpc) is 2.58. The number of benzene rings is 2. The lowest BCUT2D eigenvalue weighted by Gasteiger charge is -2.23. The normalized spacial score (nSPS) is 16.4. The molecule has 25 heavy (non-hydrogen) atoms. The average molecular weight is 344 g/mol. The van der Waals surface area contributed by atoms with Gasteiger partial charge in [-0.25, -0.2) is 17.6 Å². The molecule has 2 aromatic rings. The van der Waals surface area contributed by atoms with Gasteiger partial charge in [0.15, 0.2) is 11.6 Å². The molecule has 1 atom stereocenters. The summed E-state index contributed by atoms with van der Waals surface area (Å²) in [4.78, 5) is 0. The molecule has 0 aliphatic heterocycles. The number of hydrogen-bond acceptors (Lipinski definition) is 0. The summed E-state index contributed by atoms with van der Waals surface area (Å²) >= 11 is 0. The predicted molar refractivity (Wildman–Crippen MR) is 89.0 cm³/mol. The van der Waals surface area contributed by atoms with Crippen LogP contribution in [0.2, 0.25) is 0 Å². The van der Waals surface area contributed by atoms with E-state index in [9.17, 15) is 17.6 Å². The highest BCUT2D eigenvalue weighted by molar-refractivity contribution is 5.48. The van der Waals surface area contributed by atoms with Crippen LogP contribution in [0.1, 0.15) is 35.6 Å². The van der Waals surface area contributed by atoms with Crippen LogP contribution in [0.3, 0.4) is 0 Å². The van der Waals surface area contributed by atoms with Crippen molar-refractivity contribution in [2.24, 2.45) is 5.92 Å². The lowest BCUT2D eigenvalue weighted by atomic mass is 9.82. The van der Waals surface area contributed by atoms with Gasteiger partial charge >= 0.3 is 0 Å². The molecule has 4 heteroatoms. The van der Waals surface area contributed by atoms with Crippen LogP contribution in [0, 0.1) is 41.0 Å². The van der Waals surface area contributed by atoms with Crippen molar-refractivity contribution in [3.05, 3.63) is 81.9 Å². The summed E-state index contributed by atoms with van der Waals surface area (Å²) in [7, 11) is 0. The van der Waals surface area contributed by atoms with Crippen molar-refractivity contribution in [3.8, 4) is 11.8 Å². The fourth-order valence-corrected chi connectivity index (χ4v) is 3.14. The molecule has 0 heterocycles. The summed E-state index contributed by atoms with van der Waals surface area (Å²) < 4.78 is 55.1. The minimum absolute atomic E-state index is 0.156. The highest BCUT2D eigenvalue weighted by Gasteiger charge is 2.23. The zero-order valence-corrected chi connectivity index (χ0v) is 13.7. The second kappa shape index (κ2) is 7.14. The first-order valence-electron chi connectivity index (χ1n) is 8.09. The Labute approximate surface area is 144 Å². The third kappa shape index (κ3) is 3.61. The predicted octanol–water partition coefficient (Wildman–Crippen LogP) is 5.32. The van der Waals surface area contributed by atoms with Crippen LogP contribution < -0.4 is 0 Å². The Morgan fingerprint density at radius 2 is 1.80 bits per heavy atom. The van der Waals surface area contributed by atoms with Gasteiger partial charge in [-0.2, -0.15) is 0 Å². The van der Waals surface area contributed by atoms with Gasteiger partial charge in [0.05, 0.1) is 5.56 Å². The van der Waals surface area contributed by atoms with Gasteiger partial charge in [0.2, 0.25) is 0 Å². The van der Waals surface area contributed by atoms with Crippen LogP contribution in [0.5, 0.6) is 0 Å². The molecule has 1 aliphatic carbocycles. The standard InChI is InChI=1S/C21H16F4/c1-2-3-13-4-7-16-15(10-13)12-19(23)17(21(16)25)8-5-14-6-9-18(22)20(24)11-14/h2-3,6,9,11-13H,4,7,10H2,1H3. The Morgan fingerprint density at radius 1 is 1.00 bits per heavy atom. The van der Waals surface area contributed by atoms with Gasteiger partial charge < -0.3 is 0 Å². The number of rotatable bonds is 1. The summed E-state index contributed by atoms with van der Waals surface area (Å²) in [6, 6.07) is 4.43. The fraction of sp³-hybridized carbons (Fsp3) is 0.238. The van der Waals surface area contributed by atoms with E-state index in [2.05, 4.69) is 17.9 Å². The van der Waals surface area contributed by atoms with E-state index in [1.807, 2.05) is 13.0 Å². The summed E-state index contributed by atoms with van der Waals surface area (Å²) in [5, 5.41) is 0. The van der Waals surface area contributed by atoms with E-state index in [4.69, 9.17) is 0 Å². The summed E-state index contributed by atoms with van der Waals surface area (Å²) in [6.45, 7) is 1.92. The summed E-state index contributed by atoms with van der Waals surface area (Å²) in [6.07, 6.45) is 5.93. The first-order valence-corrected chi connectivity index (χ1v) is 8.09. The Bertz CT molecular complexity index is 900. The van der Waals surface area contributed by atoms with Crippen LogP contribution in [-0.2, 0) is 12.8 Å². The maximum Gasteiger partial charge on any atom is 0.160 e. The number of hydrogen-bond donors (Lipinski definition) is 0. The first-order chi connectivity index (χ1) is 12.0. The van der Waals surface area contributed by atoms with Gasteiger partial charge in [-0.1, -0.05) is 24.0 Å². The summed E-state index contributed by atoms with van der Waals surface area (Å²) in [5.41, 5.74) is 0.996. The molecule has 0 nitrogen and oxygen atoms in total. The molecular formula is C21H16F4. The van der Waals surface area contributed by atoms with Crippen molar-refractivity contribution in [2.45, 2.75) is 26.2 Å². The van der Waals surface area contributed by atoms with Gasteiger partial charge in [0.25, 0.3) is 0 Å². The van der Waals surface area contributed by atoms with Gasteiger partial charge in [-0.05, 0) is 67.5 Å². The van der Waals surface area contributed by atoms with E-state index in [1.54, 1.807) is 0 Å². The van der Waals surface area contributed by atoms with Crippen molar-refractivity contribution < 1.29 is 17.6 Å². The van der Waals surface area contributed by atoms with Crippen molar-refractivity contribution in [3.63, 3.8) is 0 Å². The van der Waals surface area contributed by atoms with Gasteiger partial charge in [0.1, 0.15) is 11.6 Å². The van der Waals surface area contributed by atoms with Crippen molar-refractivity contribution in [1.29, 1.82) is 0 Å². The Balaban J connectivity index is 1.96. The van der Waals surface area contributed by atoms with Crippen LogP contribution in [0.15, 0.2) is 36.4 Å². The molecule has 0 spiro atoms. The highest BCUT2D eigenvalue weighted by atomic mass is 19.2. The zero-order chi connectivity index (χ0) is 18.0. The molecule has 0 radical (unpaired) electrons. The molecule has 1 aliphatic rings. The molecule has 0 saturated carbocycles. The number of halogens is 4. The molecule has 1 unspecified atom stereocenters. The second-order valence-electron chi connectivity index (χ2n) is 6.09. The van der Waals surface area contributed by atoms with Crippen molar-refractivity contribution >= 4 is 0 Å². The Kier molecular flexibility index (Phi) is 4.94. The topological polar surface area (TPSA) is 0 Å². The lowest BCUT2D eigenvalue weighted by Crippen LogP contribution is -2.15. The maximum atomic E-state index is 14.7. The fourth-order valence-electron chi connectivity index (χ4n) is 3.14.